The van der Waals surface area contributed by atoms with Gasteiger partial charge >= 0.3 is 5.97 Å². The molecule has 0 amide bonds. The lowest BCUT2D eigenvalue weighted by Gasteiger charge is -2.38. The summed E-state index contributed by atoms with van der Waals surface area (Å²) in [5.74, 6) is -0.634. The molecule has 1 atom stereocenters. The summed E-state index contributed by atoms with van der Waals surface area (Å²) in [6, 6.07) is 19.8. The van der Waals surface area contributed by atoms with E-state index in [4.69, 9.17) is 10.5 Å². The van der Waals surface area contributed by atoms with Gasteiger partial charge in [-0.05, 0) is 91.4 Å². The van der Waals surface area contributed by atoms with E-state index in [0.717, 1.165) is 73.5 Å². The van der Waals surface area contributed by atoms with Gasteiger partial charge in [-0.25, -0.2) is 8.78 Å². The number of carbonyl (C=O) groups is 1. The normalized spacial score (nSPS) is 15.4. The molecule has 0 aliphatic carbocycles. The van der Waals surface area contributed by atoms with Crippen LogP contribution in [0.1, 0.15) is 42.0 Å². The van der Waals surface area contributed by atoms with Crippen molar-refractivity contribution in [3.63, 3.8) is 0 Å². The average Bonchev–Trinajstić information content (AvgIpc) is 2.88. The second-order valence-electron chi connectivity index (χ2n) is 10.0. The third kappa shape index (κ3) is 8.10. The number of ether oxygens (including phenoxy) is 1. The van der Waals surface area contributed by atoms with Crippen LogP contribution < -0.4 is 5.73 Å². The molecule has 1 heterocycles. The molecule has 2 N–H and O–H groups in total. The summed E-state index contributed by atoms with van der Waals surface area (Å²) in [4.78, 5) is 16.7. The minimum atomic E-state index is -0.248. The summed E-state index contributed by atoms with van der Waals surface area (Å²) in [7, 11) is 0. The second kappa shape index (κ2) is 13.5. The Bertz CT molecular complexity index is 1200. The van der Waals surface area contributed by atoms with Crippen LogP contribution >= 0.6 is 0 Å². The number of fused-ring (bicyclic) bond motifs is 1. The number of nitrogens with zero attached hydrogens (tertiary/aromatic N) is 2. The smallest absolute Gasteiger partial charge is 0.305 e. The number of benzene rings is 3. The molecule has 38 heavy (non-hydrogen) atoms. The molecule has 4 rings (SSSR count). The van der Waals surface area contributed by atoms with Crippen molar-refractivity contribution in [1.29, 1.82) is 0 Å². The molecule has 1 aliphatic rings. The number of esters is 1. The largest absolute Gasteiger partial charge is 0.466 e. The molecular formula is C31H37F2N3O2. The minimum Gasteiger partial charge on any atom is -0.466 e. The van der Waals surface area contributed by atoms with E-state index in [0.29, 0.717) is 19.4 Å². The molecular weight excluding hydrogens is 484 g/mol. The summed E-state index contributed by atoms with van der Waals surface area (Å²) in [6.45, 7) is 6.03. The number of nitrogen functional groups attached to an aromatic ring is 1. The van der Waals surface area contributed by atoms with Gasteiger partial charge in [-0.3, -0.25) is 14.6 Å². The lowest BCUT2D eigenvalue weighted by atomic mass is 9.90. The Balaban J connectivity index is 1.47. The quantitative estimate of drug-likeness (QED) is 0.257. The molecule has 0 fully saturated rings. The number of nitrogens with two attached hydrogens (primary N) is 1. The van der Waals surface area contributed by atoms with E-state index in [1.165, 1.54) is 18.2 Å². The van der Waals surface area contributed by atoms with E-state index in [1.807, 2.05) is 43.3 Å². The Morgan fingerprint density at radius 3 is 2.55 bits per heavy atom. The predicted molar refractivity (Wildman–Crippen MR) is 146 cm³/mol. The van der Waals surface area contributed by atoms with Crippen LogP contribution in [0.2, 0.25) is 0 Å². The number of hydrogen-bond acceptors (Lipinski definition) is 5. The first-order valence-electron chi connectivity index (χ1n) is 13.4. The van der Waals surface area contributed by atoms with Crippen LogP contribution in [-0.2, 0) is 35.5 Å². The van der Waals surface area contributed by atoms with Gasteiger partial charge in [0.1, 0.15) is 11.6 Å². The minimum absolute atomic E-state index is 0.170. The topological polar surface area (TPSA) is 58.8 Å². The SMILES string of the molecule is CCOC(=O)CCCN(CCN1Cc2ccc(F)cc2CC1Cc1ccc(F)cc1)Cc1cccc(N)c1. The summed E-state index contributed by atoms with van der Waals surface area (Å²) >= 11 is 0. The van der Waals surface area contributed by atoms with Crippen molar-refractivity contribution in [2.24, 2.45) is 0 Å². The zero-order chi connectivity index (χ0) is 26.9. The Kier molecular flexibility index (Phi) is 9.85. The first-order valence-corrected chi connectivity index (χ1v) is 13.4. The predicted octanol–water partition coefficient (Wildman–Crippen LogP) is 5.36. The van der Waals surface area contributed by atoms with E-state index < -0.39 is 0 Å². The van der Waals surface area contributed by atoms with Gasteiger partial charge in [0.05, 0.1) is 6.61 Å². The van der Waals surface area contributed by atoms with E-state index in [2.05, 4.69) is 15.9 Å². The van der Waals surface area contributed by atoms with Gasteiger partial charge in [-0.15, -0.1) is 0 Å². The molecule has 202 valence electrons. The number of anilines is 1. The average molecular weight is 522 g/mol. The molecule has 0 aromatic heterocycles. The molecule has 0 radical (unpaired) electrons. The highest BCUT2D eigenvalue weighted by Crippen LogP contribution is 2.26. The fraction of sp³-hybridized carbons (Fsp3) is 0.387. The fourth-order valence-corrected chi connectivity index (χ4v) is 5.19. The maximum absolute atomic E-state index is 14.0. The van der Waals surface area contributed by atoms with Crippen LogP contribution in [-0.4, -0.2) is 48.1 Å². The Morgan fingerprint density at radius 1 is 1.00 bits per heavy atom. The zero-order valence-corrected chi connectivity index (χ0v) is 22.0. The van der Waals surface area contributed by atoms with Crippen LogP contribution in [0, 0.1) is 11.6 Å². The molecule has 0 saturated heterocycles. The summed E-state index contributed by atoms with van der Waals surface area (Å²) < 4.78 is 32.6. The molecule has 1 unspecified atom stereocenters. The van der Waals surface area contributed by atoms with Gasteiger partial charge in [-0.2, -0.15) is 0 Å². The maximum Gasteiger partial charge on any atom is 0.305 e. The Labute approximate surface area is 224 Å². The maximum atomic E-state index is 14.0. The lowest BCUT2D eigenvalue weighted by molar-refractivity contribution is -0.143. The highest BCUT2D eigenvalue weighted by Gasteiger charge is 2.27. The van der Waals surface area contributed by atoms with Crippen molar-refractivity contribution in [2.45, 2.75) is 51.7 Å². The molecule has 3 aromatic carbocycles. The van der Waals surface area contributed by atoms with Gasteiger partial charge in [0.25, 0.3) is 0 Å². The van der Waals surface area contributed by atoms with E-state index in [9.17, 15) is 13.6 Å². The highest BCUT2D eigenvalue weighted by atomic mass is 19.1. The van der Waals surface area contributed by atoms with Crippen molar-refractivity contribution in [2.75, 3.05) is 32.0 Å². The molecule has 3 aromatic rings. The molecule has 0 saturated carbocycles. The molecule has 7 heteroatoms. The summed E-state index contributed by atoms with van der Waals surface area (Å²) in [5, 5.41) is 0. The number of hydrogen-bond donors (Lipinski definition) is 1. The third-order valence-corrected chi connectivity index (χ3v) is 7.12. The van der Waals surface area contributed by atoms with Gasteiger partial charge in [0.15, 0.2) is 0 Å². The van der Waals surface area contributed by atoms with Gasteiger partial charge in [0, 0.05) is 44.3 Å². The van der Waals surface area contributed by atoms with Crippen molar-refractivity contribution >= 4 is 11.7 Å². The van der Waals surface area contributed by atoms with E-state index in [-0.39, 0.29) is 23.6 Å². The van der Waals surface area contributed by atoms with Crippen LogP contribution in [0.5, 0.6) is 0 Å². The zero-order valence-electron chi connectivity index (χ0n) is 22.0. The van der Waals surface area contributed by atoms with Crippen molar-refractivity contribution in [3.05, 3.63) is 101 Å². The molecule has 1 aliphatic heterocycles. The number of halogens is 2. The standard InChI is InChI=1S/C31H37F2N3O2/c1-2-38-31(37)7-4-14-35(21-24-5-3-6-29(34)17-24)15-16-36-22-25-10-13-28(33)19-26(25)20-30(36)18-23-8-11-27(32)12-9-23/h3,5-6,8-13,17,19,30H,2,4,7,14-16,18,20-22,34H2,1H3. The van der Waals surface area contributed by atoms with Gasteiger partial charge in [0.2, 0.25) is 0 Å². The summed E-state index contributed by atoms with van der Waals surface area (Å²) in [6.07, 6.45) is 2.59. The monoisotopic (exact) mass is 521 g/mol. The third-order valence-electron chi connectivity index (χ3n) is 7.12. The van der Waals surface area contributed by atoms with Crippen molar-refractivity contribution in [1.82, 2.24) is 9.80 Å². The number of carbonyl (C=O) groups excluding carboxylic acids is 1. The first-order chi connectivity index (χ1) is 18.4. The van der Waals surface area contributed by atoms with E-state index in [1.54, 1.807) is 6.07 Å². The van der Waals surface area contributed by atoms with Gasteiger partial charge in [-0.1, -0.05) is 30.3 Å². The molecule has 0 bridgehead atoms. The highest BCUT2D eigenvalue weighted by molar-refractivity contribution is 5.69. The van der Waals surface area contributed by atoms with Crippen LogP contribution in [0.25, 0.3) is 0 Å². The molecule has 5 nitrogen and oxygen atoms in total. The fourth-order valence-electron chi connectivity index (χ4n) is 5.19. The van der Waals surface area contributed by atoms with Crippen molar-refractivity contribution in [3.8, 4) is 0 Å². The Hall–Kier alpha value is -3.29. The lowest BCUT2D eigenvalue weighted by Crippen LogP contribution is -2.45. The Morgan fingerprint density at radius 2 is 1.79 bits per heavy atom. The van der Waals surface area contributed by atoms with Crippen LogP contribution in [0.3, 0.4) is 0 Å². The summed E-state index contributed by atoms with van der Waals surface area (Å²) in [5.41, 5.74) is 11.1. The number of rotatable bonds is 12. The molecule has 0 spiro atoms. The van der Waals surface area contributed by atoms with Crippen LogP contribution in [0.15, 0.2) is 66.7 Å². The van der Waals surface area contributed by atoms with E-state index >= 15 is 0 Å². The van der Waals surface area contributed by atoms with Gasteiger partial charge < -0.3 is 10.5 Å². The first kappa shape index (κ1) is 27.7. The van der Waals surface area contributed by atoms with Crippen molar-refractivity contribution < 1.29 is 18.3 Å². The second-order valence-corrected chi connectivity index (χ2v) is 10.0. The van der Waals surface area contributed by atoms with Crippen LogP contribution in [0.4, 0.5) is 14.5 Å².